The summed E-state index contributed by atoms with van der Waals surface area (Å²) >= 11 is 2.09. The van der Waals surface area contributed by atoms with Gasteiger partial charge in [-0.05, 0) is 19.3 Å². The van der Waals surface area contributed by atoms with Crippen LogP contribution in [0.5, 0.6) is 0 Å². The molecule has 0 unspecified atom stereocenters. The molecule has 0 spiro atoms. The summed E-state index contributed by atoms with van der Waals surface area (Å²) < 4.78 is 0. The van der Waals surface area contributed by atoms with Crippen molar-refractivity contribution in [2.75, 3.05) is 5.75 Å². The van der Waals surface area contributed by atoms with Crippen LogP contribution in [-0.2, 0) is 0 Å². The Morgan fingerprint density at radius 3 is 2.64 bits per heavy atom. The van der Waals surface area contributed by atoms with E-state index in [0.29, 0.717) is 6.04 Å². The van der Waals surface area contributed by atoms with Crippen LogP contribution in [0.2, 0.25) is 0 Å². The van der Waals surface area contributed by atoms with Crippen LogP contribution in [0.3, 0.4) is 0 Å². The van der Waals surface area contributed by atoms with Gasteiger partial charge in [-0.25, -0.2) is 0 Å². The third-order valence-corrected chi connectivity index (χ3v) is 3.94. The first-order valence-corrected chi connectivity index (χ1v) is 5.75. The second-order valence-corrected chi connectivity index (χ2v) is 4.74. The number of rotatable bonds is 4. The summed E-state index contributed by atoms with van der Waals surface area (Å²) in [7, 11) is 0. The molecule has 0 radical (unpaired) electrons. The maximum Gasteiger partial charge on any atom is 0.0127 e. The predicted octanol–water partition coefficient (Wildman–Crippen LogP) is 2.40. The molecule has 11 heavy (non-hydrogen) atoms. The van der Waals surface area contributed by atoms with Gasteiger partial charge < -0.3 is 5.73 Å². The molecule has 0 heterocycles. The van der Waals surface area contributed by atoms with Gasteiger partial charge in [0.05, 0.1) is 0 Å². The summed E-state index contributed by atoms with van der Waals surface area (Å²) in [6, 6.07) is 0.431. The predicted molar refractivity (Wildman–Crippen MR) is 53.0 cm³/mol. The molecule has 2 N–H and O–H groups in total. The van der Waals surface area contributed by atoms with Gasteiger partial charge in [0.1, 0.15) is 0 Å². The number of nitrogens with two attached hydrogens (primary N) is 1. The van der Waals surface area contributed by atoms with Crippen LogP contribution >= 0.6 is 11.8 Å². The van der Waals surface area contributed by atoms with Crippen molar-refractivity contribution in [3.63, 3.8) is 0 Å². The minimum absolute atomic E-state index is 0.431. The quantitative estimate of drug-likeness (QED) is 0.706. The van der Waals surface area contributed by atoms with Crippen molar-refractivity contribution in [2.24, 2.45) is 5.73 Å². The van der Waals surface area contributed by atoms with Crippen LogP contribution in [0.15, 0.2) is 0 Å². The fourth-order valence-electron chi connectivity index (χ4n) is 1.43. The molecule has 0 aliphatic heterocycles. The van der Waals surface area contributed by atoms with Crippen LogP contribution in [0.1, 0.15) is 39.0 Å². The van der Waals surface area contributed by atoms with Crippen molar-refractivity contribution in [1.82, 2.24) is 0 Å². The Hall–Kier alpha value is 0.310. The maximum absolute atomic E-state index is 5.83. The highest BCUT2D eigenvalue weighted by atomic mass is 32.2. The smallest absolute Gasteiger partial charge is 0.0127 e. The molecule has 2 heteroatoms. The summed E-state index contributed by atoms with van der Waals surface area (Å²) in [6.45, 7) is 2.17. The lowest BCUT2D eigenvalue weighted by atomic mass is 10.3. The Morgan fingerprint density at radius 1 is 1.45 bits per heavy atom. The first-order chi connectivity index (χ1) is 5.33. The number of hydrogen-bond donors (Lipinski definition) is 1. The second-order valence-electron chi connectivity index (χ2n) is 3.41. The normalized spacial score (nSPS) is 22.4. The van der Waals surface area contributed by atoms with E-state index in [0.717, 1.165) is 11.7 Å². The molecular formula is C9H19NS. The lowest BCUT2D eigenvalue weighted by Crippen LogP contribution is -2.22. The molecule has 66 valence electrons. The van der Waals surface area contributed by atoms with E-state index in [2.05, 4.69) is 18.7 Å². The zero-order valence-electron chi connectivity index (χ0n) is 7.38. The van der Waals surface area contributed by atoms with Crippen molar-refractivity contribution in [3.05, 3.63) is 0 Å². The fourth-order valence-corrected chi connectivity index (χ4v) is 2.85. The van der Waals surface area contributed by atoms with Crippen LogP contribution in [-0.4, -0.2) is 17.0 Å². The van der Waals surface area contributed by atoms with E-state index in [1.807, 2.05) is 0 Å². The Morgan fingerprint density at radius 2 is 2.09 bits per heavy atom. The largest absolute Gasteiger partial charge is 0.327 e. The van der Waals surface area contributed by atoms with E-state index < -0.39 is 0 Å². The SMILES string of the molecule is CC[C@H](N)CSC1CCCC1. The highest BCUT2D eigenvalue weighted by Crippen LogP contribution is 2.29. The monoisotopic (exact) mass is 173 g/mol. The van der Waals surface area contributed by atoms with Gasteiger partial charge in [-0.3, -0.25) is 0 Å². The van der Waals surface area contributed by atoms with E-state index in [1.165, 1.54) is 31.4 Å². The molecule has 0 saturated heterocycles. The maximum atomic E-state index is 5.83. The molecule has 1 saturated carbocycles. The Labute approximate surface area is 74.1 Å². The van der Waals surface area contributed by atoms with Crippen LogP contribution in [0.4, 0.5) is 0 Å². The lowest BCUT2D eigenvalue weighted by molar-refractivity contribution is 0.721. The minimum Gasteiger partial charge on any atom is -0.327 e. The van der Waals surface area contributed by atoms with E-state index in [9.17, 15) is 0 Å². The molecule has 1 fully saturated rings. The minimum atomic E-state index is 0.431. The van der Waals surface area contributed by atoms with Crippen LogP contribution in [0.25, 0.3) is 0 Å². The molecule has 1 aliphatic carbocycles. The summed E-state index contributed by atoms with van der Waals surface area (Å²) in [4.78, 5) is 0. The second kappa shape index (κ2) is 5.04. The molecule has 1 rings (SSSR count). The molecule has 0 amide bonds. The van der Waals surface area contributed by atoms with Gasteiger partial charge in [-0.1, -0.05) is 19.8 Å². The van der Waals surface area contributed by atoms with E-state index in [4.69, 9.17) is 5.73 Å². The molecule has 0 aromatic heterocycles. The topological polar surface area (TPSA) is 26.0 Å². The van der Waals surface area contributed by atoms with Gasteiger partial charge in [0.25, 0.3) is 0 Å². The zero-order chi connectivity index (χ0) is 8.10. The first-order valence-electron chi connectivity index (χ1n) is 4.70. The average molecular weight is 173 g/mol. The molecule has 1 atom stereocenters. The van der Waals surface area contributed by atoms with Gasteiger partial charge in [-0.15, -0.1) is 0 Å². The van der Waals surface area contributed by atoms with Crippen LogP contribution in [0, 0.1) is 0 Å². The van der Waals surface area contributed by atoms with Crippen molar-refractivity contribution >= 4 is 11.8 Å². The van der Waals surface area contributed by atoms with Gasteiger partial charge in [0.15, 0.2) is 0 Å². The van der Waals surface area contributed by atoms with E-state index >= 15 is 0 Å². The van der Waals surface area contributed by atoms with Gasteiger partial charge >= 0.3 is 0 Å². The number of thioether (sulfide) groups is 1. The third-order valence-electron chi connectivity index (χ3n) is 2.37. The molecule has 0 aromatic carbocycles. The summed E-state index contributed by atoms with van der Waals surface area (Å²) in [5, 5.41) is 0.938. The van der Waals surface area contributed by atoms with Crippen molar-refractivity contribution in [1.29, 1.82) is 0 Å². The molecule has 0 aromatic rings. The summed E-state index contributed by atoms with van der Waals surface area (Å²) in [5.74, 6) is 1.17. The standard InChI is InChI=1S/C9H19NS/c1-2-8(10)7-11-9-5-3-4-6-9/h8-9H,2-7,10H2,1H3/t8-/m0/s1. The average Bonchev–Trinajstić information content (AvgIpc) is 2.52. The van der Waals surface area contributed by atoms with Crippen molar-refractivity contribution < 1.29 is 0 Å². The fraction of sp³-hybridized carbons (Fsp3) is 1.00. The zero-order valence-corrected chi connectivity index (χ0v) is 8.20. The Balaban J connectivity index is 2.01. The number of hydrogen-bond acceptors (Lipinski definition) is 2. The lowest BCUT2D eigenvalue weighted by Gasteiger charge is -2.12. The molecule has 0 bridgehead atoms. The van der Waals surface area contributed by atoms with Crippen LogP contribution < -0.4 is 5.73 Å². The molecule has 1 aliphatic rings. The van der Waals surface area contributed by atoms with E-state index in [-0.39, 0.29) is 0 Å². The summed E-state index contributed by atoms with van der Waals surface area (Å²) in [5.41, 5.74) is 5.83. The summed E-state index contributed by atoms with van der Waals surface area (Å²) in [6.07, 6.45) is 6.87. The van der Waals surface area contributed by atoms with E-state index in [1.54, 1.807) is 0 Å². The first kappa shape index (κ1) is 9.40. The third kappa shape index (κ3) is 3.48. The Bertz CT molecular complexity index is 99.7. The highest BCUT2D eigenvalue weighted by molar-refractivity contribution is 7.99. The van der Waals surface area contributed by atoms with Gasteiger partial charge in [-0.2, -0.15) is 11.8 Å². The highest BCUT2D eigenvalue weighted by Gasteiger charge is 2.15. The van der Waals surface area contributed by atoms with Gasteiger partial charge in [0.2, 0.25) is 0 Å². The molecule has 1 nitrogen and oxygen atoms in total. The molecular weight excluding hydrogens is 154 g/mol. The van der Waals surface area contributed by atoms with Gasteiger partial charge in [0, 0.05) is 17.0 Å². The van der Waals surface area contributed by atoms with Crippen molar-refractivity contribution in [2.45, 2.75) is 50.3 Å². The Kier molecular flexibility index (Phi) is 4.31. The van der Waals surface area contributed by atoms with Crippen molar-refractivity contribution in [3.8, 4) is 0 Å².